The predicted molar refractivity (Wildman–Crippen MR) is 134 cm³/mol. The lowest BCUT2D eigenvalue weighted by atomic mass is 9.99. The minimum atomic E-state index is -1.52. The molecule has 2 aromatic carbocycles. The topological polar surface area (TPSA) is 190 Å². The Morgan fingerprint density at radius 3 is 1.95 bits per heavy atom. The van der Waals surface area contributed by atoms with Crippen molar-refractivity contribution in [3.05, 3.63) is 33.0 Å². The normalized spacial score (nSPS) is 22.9. The number of esters is 2. The van der Waals surface area contributed by atoms with Crippen molar-refractivity contribution in [3.8, 4) is 23.0 Å². The summed E-state index contributed by atoms with van der Waals surface area (Å²) in [5, 5.41) is 21.3. The van der Waals surface area contributed by atoms with Crippen LogP contribution in [-0.2, 0) is 23.8 Å². The monoisotopic (exact) mass is 560 g/mol. The van der Waals surface area contributed by atoms with Crippen LogP contribution in [0.25, 0.3) is 32.7 Å². The van der Waals surface area contributed by atoms with Gasteiger partial charge in [0.1, 0.15) is 6.10 Å². The second kappa shape index (κ2) is 9.88. The van der Waals surface area contributed by atoms with Crippen molar-refractivity contribution in [2.45, 2.75) is 51.5 Å². The van der Waals surface area contributed by atoms with Crippen molar-refractivity contribution in [2.24, 2.45) is 0 Å². The maximum Gasteiger partial charge on any atom is 0.344 e. The molecule has 212 valence electrons. The first-order chi connectivity index (χ1) is 19.0. The highest BCUT2D eigenvalue weighted by molar-refractivity contribution is 6.22. The Morgan fingerprint density at radius 2 is 1.38 bits per heavy atom. The molecule has 40 heavy (non-hydrogen) atoms. The highest BCUT2D eigenvalue weighted by atomic mass is 16.7. The zero-order valence-electron chi connectivity index (χ0n) is 21.8. The van der Waals surface area contributed by atoms with E-state index in [2.05, 4.69) is 0 Å². The number of benzene rings is 2. The molecular weight excluding hydrogens is 536 g/mol. The van der Waals surface area contributed by atoms with E-state index < -0.39 is 59.6 Å². The largest absolute Gasteiger partial charge is 0.502 e. The molecule has 3 heterocycles. The van der Waals surface area contributed by atoms with E-state index in [-0.39, 0.29) is 50.0 Å². The zero-order chi connectivity index (χ0) is 29.0. The second-order valence-electron chi connectivity index (χ2n) is 9.08. The highest BCUT2D eigenvalue weighted by Gasteiger charge is 2.49. The van der Waals surface area contributed by atoms with Gasteiger partial charge in [-0.1, -0.05) is 0 Å². The van der Waals surface area contributed by atoms with Gasteiger partial charge in [0.15, 0.2) is 28.8 Å². The number of carbonyl (C=O) groups excluding carboxylic acids is 2. The molecule has 14 nitrogen and oxygen atoms in total. The number of phenols is 1. The van der Waals surface area contributed by atoms with Gasteiger partial charge in [-0.15, -0.1) is 0 Å². The maximum absolute atomic E-state index is 13.1. The number of methoxy groups -OCH3 is 2. The van der Waals surface area contributed by atoms with E-state index in [9.17, 15) is 29.4 Å². The SMILES string of the molecule is COc1cc2c(=O)oc3c(OC4OC(C)C(O)C(OC(C)=O)C4OC(C)=O)c(OC)cc4c(=O)oc(c1O)c2c34. The molecule has 14 heteroatoms. The van der Waals surface area contributed by atoms with Crippen LogP contribution in [0.3, 0.4) is 0 Å². The van der Waals surface area contributed by atoms with E-state index in [0.29, 0.717) is 0 Å². The number of phenolic OH excluding ortho intramolecular Hbond substituents is 1. The summed E-state index contributed by atoms with van der Waals surface area (Å²) < 4.78 is 43.8. The zero-order valence-corrected chi connectivity index (χ0v) is 21.8. The number of hydrogen-bond donors (Lipinski definition) is 2. The predicted octanol–water partition coefficient (Wildman–Crippen LogP) is 1.56. The van der Waals surface area contributed by atoms with Crippen molar-refractivity contribution in [1.82, 2.24) is 0 Å². The Hall–Kier alpha value is -4.56. The standard InChI is InChI=1S/C26H24O14/c1-8-17(29)22(36-9(2)27)23(37-10(3)28)26(35-8)40-19-14(34-5)7-12-16-15-11(25(32)39-21(16)19)6-13(33-4)18(30)20(15)38-24(12)31/h6-8,17,22-23,26,29-30H,1-5H3. The number of hydrogen-bond acceptors (Lipinski definition) is 14. The Kier molecular flexibility index (Phi) is 6.67. The third-order valence-electron chi connectivity index (χ3n) is 6.54. The van der Waals surface area contributed by atoms with E-state index in [0.717, 1.165) is 13.8 Å². The van der Waals surface area contributed by atoms with Crippen molar-refractivity contribution in [1.29, 1.82) is 0 Å². The first kappa shape index (κ1) is 27.0. The number of carbonyl (C=O) groups is 2. The van der Waals surface area contributed by atoms with Crippen LogP contribution in [0.2, 0.25) is 0 Å². The summed E-state index contributed by atoms with van der Waals surface area (Å²) >= 11 is 0. The van der Waals surface area contributed by atoms with Crippen LogP contribution in [0.1, 0.15) is 20.8 Å². The molecule has 0 bridgehead atoms. The van der Waals surface area contributed by atoms with Gasteiger partial charge in [-0.3, -0.25) is 9.59 Å². The quantitative estimate of drug-likeness (QED) is 0.196. The molecule has 0 radical (unpaired) electrons. The summed E-state index contributed by atoms with van der Waals surface area (Å²) in [7, 11) is 2.52. The minimum absolute atomic E-state index is 0.0503. The van der Waals surface area contributed by atoms with E-state index in [4.69, 9.17) is 37.3 Å². The average molecular weight is 560 g/mol. The van der Waals surface area contributed by atoms with Crippen LogP contribution in [0.15, 0.2) is 30.6 Å². The van der Waals surface area contributed by atoms with Gasteiger partial charge >= 0.3 is 23.2 Å². The molecule has 2 N–H and O–H groups in total. The fraction of sp³-hybridized carbons (Fsp3) is 0.385. The molecule has 4 aromatic rings. The maximum atomic E-state index is 13.1. The van der Waals surface area contributed by atoms with Gasteiger partial charge in [0.25, 0.3) is 0 Å². The Bertz CT molecular complexity index is 1750. The molecule has 0 aliphatic carbocycles. The fourth-order valence-corrected chi connectivity index (χ4v) is 4.81. The third kappa shape index (κ3) is 4.21. The van der Waals surface area contributed by atoms with Gasteiger partial charge in [-0.2, -0.15) is 0 Å². The summed E-state index contributed by atoms with van der Waals surface area (Å²) in [5.41, 5.74) is -2.38. The Morgan fingerprint density at radius 1 is 0.850 bits per heavy atom. The van der Waals surface area contributed by atoms with Crippen molar-refractivity contribution in [2.75, 3.05) is 14.2 Å². The third-order valence-corrected chi connectivity index (χ3v) is 6.54. The van der Waals surface area contributed by atoms with Crippen molar-refractivity contribution < 1.29 is 57.1 Å². The van der Waals surface area contributed by atoms with Gasteiger partial charge in [0, 0.05) is 24.6 Å². The smallest absolute Gasteiger partial charge is 0.344 e. The number of rotatable bonds is 6. The number of aromatic hydroxyl groups is 1. The van der Waals surface area contributed by atoms with Gasteiger partial charge in [0.05, 0.1) is 31.1 Å². The molecule has 0 saturated carbocycles. The summed E-state index contributed by atoms with van der Waals surface area (Å²) in [6, 6.07) is 2.51. The van der Waals surface area contributed by atoms with Crippen LogP contribution < -0.4 is 25.5 Å². The second-order valence-corrected chi connectivity index (χ2v) is 9.08. The van der Waals surface area contributed by atoms with Crippen molar-refractivity contribution >= 4 is 44.6 Å². The molecular formula is C26H24O14. The van der Waals surface area contributed by atoms with Crippen molar-refractivity contribution in [3.63, 3.8) is 0 Å². The summed E-state index contributed by atoms with van der Waals surface area (Å²) in [4.78, 5) is 49.8. The molecule has 5 atom stereocenters. The molecule has 0 spiro atoms. The van der Waals surface area contributed by atoms with Crippen LogP contribution in [0, 0.1) is 0 Å². The van der Waals surface area contributed by atoms with Gasteiger partial charge < -0.3 is 47.5 Å². The Balaban J connectivity index is 1.77. The molecule has 1 aliphatic heterocycles. The summed E-state index contributed by atoms with van der Waals surface area (Å²) in [5.74, 6) is -2.55. The molecule has 1 saturated heterocycles. The van der Waals surface area contributed by atoms with Gasteiger partial charge in [-0.25, -0.2) is 9.59 Å². The molecule has 5 unspecified atom stereocenters. The number of aliphatic hydroxyl groups is 1. The average Bonchev–Trinajstić information content (AvgIpc) is 2.89. The summed E-state index contributed by atoms with van der Waals surface area (Å²) in [6.07, 6.45) is -6.74. The minimum Gasteiger partial charge on any atom is -0.502 e. The lowest BCUT2D eigenvalue weighted by Gasteiger charge is -2.42. The van der Waals surface area contributed by atoms with E-state index in [1.54, 1.807) is 0 Å². The van der Waals surface area contributed by atoms with Gasteiger partial charge in [0.2, 0.25) is 23.9 Å². The van der Waals surface area contributed by atoms with E-state index in [1.165, 1.54) is 33.3 Å². The van der Waals surface area contributed by atoms with Crippen LogP contribution in [-0.4, -0.2) is 67.1 Å². The van der Waals surface area contributed by atoms with E-state index >= 15 is 0 Å². The first-order valence-corrected chi connectivity index (χ1v) is 11.9. The lowest BCUT2D eigenvalue weighted by molar-refractivity contribution is -0.277. The number of aliphatic hydroxyl groups excluding tert-OH is 1. The lowest BCUT2D eigenvalue weighted by Crippen LogP contribution is -2.60. The van der Waals surface area contributed by atoms with Crippen LogP contribution in [0.4, 0.5) is 0 Å². The summed E-state index contributed by atoms with van der Waals surface area (Å²) in [6.45, 7) is 3.69. The van der Waals surface area contributed by atoms with Crippen LogP contribution >= 0.6 is 0 Å². The van der Waals surface area contributed by atoms with E-state index in [1.807, 2.05) is 0 Å². The molecule has 0 amide bonds. The first-order valence-electron chi connectivity index (χ1n) is 11.9. The van der Waals surface area contributed by atoms with Gasteiger partial charge in [-0.05, 0) is 19.1 Å². The number of ether oxygens (including phenoxy) is 6. The Labute approximate surface area is 223 Å². The molecule has 1 fully saturated rings. The van der Waals surface area contributed by atoms with Crippen LogP contribution in [0.5, 0.6) is 23.0 Å². The highest BCUT2D eigenvalue weighted by Crippen LogP contribution is 2.46. The molecule has 1 aliphatic rings. The molecule has 2 aromatic heterocycles. The fourth-order valence-electron chi connectivity index (χ4n) is 4.81. The molecule has 5 rings (SSSR count).